The smallest absolute Gasteiger partial charge is 0.244 e. The van der Waals surface area contributed by atoms with Crippen LogP contribution in [0.15, 0.2) is 54.6 Å². The van der Waals surface area contributed by atoms with Gasteiger partial charge in [0.05, 0.1) is 19.1 Å². The van der Waals surface area contributed by atoms with E-state index in [1.54, 1.807) is 49.6 Å². The summed E-state index contributed by atoms with van der Waals surface area (Å²) in [7, 11) is -2.18. The number of para-hydroxylation sites is 1. The molecule has 186 valence electrons. The molecule has 8 nitrogen and oxygen atoms in total. The van der Waals surface area contributed by atoms with Gasteiger partial charge in [-0.1, -0.05) is 44.2 Å². The highest BCUT2D eigenvalue weighted by molar-refractivity contribution is 7.92. The van der Waals surface area contributed by atoms with Gasteiger partial charge >= 0.3 is 0 Å². The number of benzene rings is 2. The molecule has 0 saturated heterocycles. The van der Waals surface area contributed by atoms with E-state index in [9.17, 15) is 18.0 Å². The molecule has 0 aromatic heterocycles. The van der Waals surface area contributed by atoms with Gasteiger partial charge in [-0.3, -0.25) is 13.9 Å². The van der Waals surface area contributed by atoms with Crippen LogP contribution in [0.3, 0.4) is 0 Å². The van der Waals surface area contributed by atoms with Gasteiger partial charge in [-0.15, -0.1) is 0 Å². The van der Waals surface area contributed by atoms with Crippen LogP contribution < -0.4 is 14.4 Å². The first-order valence-corrected chi connectivity index (χ1v) is 13.2. The Morgan fingerprint density at radius 3 is 2.26 bits per heavy atom. The summed E-state index contributed by atoms with van der Waals surface area (Å²) >= 11 is 0. The third kappa shape index (κ3) is 7.48. The predicted octanol–water partition coefficient (Wildman–Crippen LogP) is 3.18. The fourth-order valence-corrected chi connectivity index (χ4v) is 4.39. The van der Waals surface area contributed by atoms with Crippen molar-refractivity contribution in [1.82, 2.24) is 10.2 Å². The van der Waals surface area contributed by atoms with E-state index in [-0.39, 0.29) is 18.5 Å². The number of ether oxygens (including phenoxy) is 1. The molecule has 0 aliphatic heterocycles. The van der Waals surface area contributed by atoms with Crippen LogP contribution in [0, 0.1) is 0 Å². The molecule has 34 heavy (non-hydrogen) atoms. The number of hydrogen-bond donors (Lipinski definition) is 1. The second-order valence-corrected chi connectivity index (χ2v) is 10.1. The molecule has 0 radical (unpaired) electrons. The van der Waals surface area contributed by atoms with Gasteiger partial charge < -0.3 is 15.0 Å². The number of sulfonamides is 1. The highest BCUT2D eigenvalue weighted by Gasteiger charge is 2.32. The lowest BCUT2D eigenvalue weighted by Crippen LogP contribution is -2.53. The van der Waals surface area contributed by atoms with E-state index in [4.69, 9.17) is 4.74 Å². The van der Waals surface area contributed by atoms with Crippen LogP contribution in [0.5, 0.6) is 5.75 Å². The van der Waals surface area contributed by atoms with Gasteiger partial charge in [-0.25, -0.2) is 8.42 Å². The summed E-state index contributed by atoms with van der Waals surface area (Å²) in [6, 6.07) is 14.9. The number of methoxy groups -OCH3 is 1. The Morgan fingerprint density at radius 2 is 1.71 bits per heavy atom. The van der Waals surface area contributed by atoms with Crippen molar-refractivity contribution >= 4 is 27.5 Å². The Hall–Kier alpha value is -3.07. The molecule has 0 bridgehead atoms. The third-order valence-corrected chi connectivity index (χ3v) is 6.74. The lowest BCUT2D eigenvalue weighted by Gasteiger charge is -2.33. The van der Waals surface area contributed by atoms with Crippen molar-refractivity contribution in [1.29, 1.82) is 0 Å². The molecule has 0 spiro atoms. The van der Waals surface area contributed by atoms with Gasteiger partial charge in [0.1, 0.15) is 18.3 Å². The molecular formula is C25H35N3O5S. The minimum absolute atomic E-state index is 0.0489. The van der Waals surface area contributed by atoms with Crippen molar-refractivity contribution in [2.75, 3.05) is 24.2 Å². The van der Waals surface area contributed by atoms with Gasteiger partial charge in [-0.05, 0) is 49.6 Å². The maximum atomic E-state index is 13.6. The lowest BCUT2D eigenvalue weighted by molar-refractivity contribution is -0.140. The van der Waals surface area contributed by atoms with Crippen LogP contribution in [0.2, 0.25) is 0 Å². The van der Waals surface area contributed by atoms with Crippen LogP contribution in [-0.2, 0) is 26.2 Å². The molecule has 2 atom stereocenters. The number of amides is 2. The summed E-state index contributed by atoms with van der Waals surface area (Å²) in [4.78, 5) is 28.1. The van der Waals surface area contributed by atoms with Crippen molar-refractivity contribution in [3.05, 3.63) is 60.2 Å². The molecule has 0 aliphatic rings. The summed E-state index contributed by atoms with van der Waals surface area (Å²) in [6.45, 7) is 5.42. The molecule has 2 rings (SSSR count). The molecule has 2 aromatic carbocycles. The molecule has 0 saturated carbocycles. The van der Waals surface area contributed by atoms with E-state index >= 15 is 0 Å². The number of nitrogens with zero attached hydrogens (tertiary/aromatic N) is 2. The Labute approximate surface area is 202 Å². The fourth-order valence-electron chi connectivity index (χ4n) is 3.54. The normalized spacial score (nSPS) is 13.0. The molecule has 1 N–H and O–H groups in total. The molecule has 2 amide bonds. The molecule has 9 heteroatoms. The monoisotopic (exact) mass is 489 g/mol. The minimum atomic E-state index is -3.74. The highest BCUT2D eigenvalue weighted by Crippen LogP contribution is 2.21. The van der Waals surface area contributed by atoms with Crippen LogP contribution in [-0.4, -0.2) is 57.1 Å². The second kappa shape index (κ2) is 12.4. The molecule has 0 aliphatic carbocycles. The lowest BCUT2D eigenvalue weighted by atomic mass is 10.1. The zero-order valence-electron chi connectivity index (χ0n) is 20.5. The van der Waals surface area contributed by atoms with Crippen molar-refractivity contribution < 1.29 is 22.7 Å². The summed E-state index contributed by atoms with van der Waals surface area (Å²) in [5.74, 6) is -0.106. The first-order chi connectivity index (χ1) is 16.1. The van der Waals surface area contributed by atoms with Gasteiger partial charge in [0.15, 0.2) is 0 Å². The van der Waals surface area contributed by atoms with Crippen LogP contribution in [0.1, 0.15) is 39.2 Å². The standard InChI is InChI=1S/C25H35N3O5S/c1-6-19(3)26-25(30)23(7-2)27(17-20-12-11-15-22(16-20)33-4)24(29)18-28(34(5,31)32)21-13-9-8-10-14-21/h8-16,19,23H,6-7,17-18H2,1-5H3,(H,26,30)/t19-,23-/m1/s1. The Bertz CT molecular complexity index is 1060. The van der Waals surface area contributed by atoms with Crippen molar-refractivity contribution in [2.45, 2.75) is 52.2 Å². The Morgan fingerprint density at radius 1 is 1.03 bits per heavy atom. The van der Waals surface area contributed by atoms with Crippen LogP contribution in [0.4, 0.5) is 5.69 Å². The molecule has 0 heterocycles. The Kier molecular flexibility index (Phi) is 9.92. The highest BCUT2D eigenvalue weighted by atomic mass is 32.2. The SMILES string of the molecule is CC[C@@H](C)NC(=O)[C@@H](CC)N(Cc1cccc(OC)c1)C(=O)CN(c1ccccc1)S(C)(=O)=O. The van der Waals surface area contributed by atoms with Gasteiger partial charge in [0.25, 0.3) is 0 Å². The maximum Gasteiger partial charge on any atom is 0.244 e. The number of anilines is 1. The Balaban J connectivity index is 2.43. The largest absolute Gasteiger partial charge is 0.497 e. The number of rotatable bonds is 12. The van der Waals surface area contributed by atoms with E-state index in [0.717, 1.165) is 22.5 Å². The first-order valence-electron chi connectivity index (χ1n) is 11.4. The van der Waals surface area contributed by atoms with E-state index in [1.807, 2.05) is 32.9 Å². The fraction of sp³-hybridized carbons (Fsp3) is 0.440. The first kappa shape index (κ1) is 27.2. The van der Waals surface area contributed by atoms with Gasteiger partial charge in [-0.2, -0.15) is 0 Å². The van der Waals surface area contributed by atoms with E-state index < -0.39 is 28.5 Å². The van der Waals surface area contributed by atoms with Gasteiger partial charge in [0, 0.05) is 12.6 Å². The number of hydrogen-bond acceptors (Lipinski definition) is 5. The van der Waals surface area contributed by atoms with Crippen LogP contribution in [0.25, 0.3) is 0 Å². The zero-order chi connectivity index (χ0) is 25.3. The summed E-state index contributed by atoms with van der Waals surface area (Å²) in [5, 5.41) is 2.95. The molecular weight excluding hydrogens is 454 g/mol. The summed E-state index contributed by atoms with van der Waals surface area (Å²) < 4.78 is 31.5. The number of carbonyl (C=O) groups is 2. The molecule has 0 fully saturated rings. The van der Waals surface area contributed by atoms with E-state index in [0.29, 0.717) is 17.9 Å². The quantitative estimate of drug-likeness (QED) is 0.494. The average molecular weight is 490 g/mol. The second-order valence-electron chi connectivity index (χ2n) is 8.22. The third-order valence-electron chi connectivity index (χ3n) is 5.60. The van der Waals surface area contributed by atoms with Crippen molar-refractivity contribution in [3.8, 4) is 5.75 Å². The van der Waals surface area contributed by atoms with Gasteiger partial charge in [0.2, 0.25) is 21.8 Å². The molecule has 0 unspecified atom stereocenters. The van der Waals surface area contributed by atoms with Crippen LogP contribution >= 0.6 is 0 Å². The predicted molar refractivity (Wildman–Crippen MR) is 134 cm³/mol. The minimum Gasteiger partial charge on any atom is -0.497 e. The zero-order valence-corrected chi connectivity index (χ0v) is 21.3. The summed E-state index contributed by atoms with van der Waals surface area (Å²) in [6.07, 6.45) is 2.19. The number of carbonyl (C=O) groups excluding carboxylic acids is 2. The summed E-state index contributed by atoms with van der Waals surface area (Å²) in [5.41, 5.74) is 1.16. The maximum absolute atomic E-state index is 13.6. The van der Waals surface area contributed by atoms with E-state index in [1.165, 1.54) is 4.90 Å². The van der Waals surface area contributed by atoms with E-state index in [2.05, 4.69) is 5.32 Å². The number of nitrogens with one attached hydrogen (secondary N) is 1. The van der Waals surface area contributed by atoms with Crippen molar-refractivity contribution in [2.24, 2.45) is 0 Å². The molecule has 2 aromatic rings. The average Bonchev–Trinajstić information content (AvgIpc) is 2.82. The van der Waals surface area contributed by atoms with Crippen molar-refractivity contribution in [3.63, 3.8) is 0 Å². The topological polar surface area (TPSA) is 96.0 Å².